The van der Waals surface area contributed by atoms with Gasteiger partial charge in [0.05, 0.1) is 6.61 Å². The van der Waals surface area contributed by atoms with E-state index in [0.29, 0.717) is 23.7 Å². The smallest absolute Gasteiger partial charge is 0.347 e. The summed E-state index contributed by atoms with van der Waals surface area (Å²) in [6.45, 7) is 7.04. The summed E-state index contributed by atoms with van der Waals surface area (Å²) in [4.78, 5) is 12.8. The number of benzene rings is 2. The Bertz CT molecular complexity index is 721. The van der Waals surface area contributed by atoms with E-state index in [1.165, 1.54) is 12.8 Å². The second kappa shape index (κ2) is 11.4. The molecule has 3 heteroatoms. The van der Waals surface area contributed by atoms with Gasteiger partial charge in [0.25, 0.3) is 0 Å². The van der Waals surface area contributed by atoms with E-state index in [0.717, 1.165) is 43.2 Å². The minimum absolute atomic E-state index is 0.359. The van der Waals surface area contributed by atoms with E-state index in [2.05, 4.69) is 26.8 Å². The van der Waals surface area contributed by atoms with Crippen molar-refractivity contribution in [2.24, 2.45) is 0 Å². The van der Waals surface area contributed by atoms with E-state index < -0.39 is 0 Å². The summed E-state index contributed by atoms with van der Waals surface area (Å²) in [5.74, 6) is 0.899. The molecule has 3 nitrogen and oxygen atoms in total. The summed E-state index contributed by atoms with van der Waals surface area (Å²) in [7, 11) is 0. The van der Waals surface area contributed by atoms with E-state index in [-0.39, 0.29) is 5.97 Å². The van der Waals surface area contributed by atoms with Gasteiger partial charge in [-0.1, -0.05) is 63.8 Å². The summed E-state index contributed by atoms with van der Waals surface area (Å²) in [6.07, 6.45) is 7.65. The lowest BCUT2D eigenvalue weighted by Crippen LogP contribution is -2.12. The van der Waals surface area contributed by atoms with Gasteiger partial charge in [-0.15, -0.1) is 0 Å². The molecule has 2 aromatic carbocycles. The molecule has 146 valence electrons. The van der Waals surface area contributed by atoms with Gasteiger partial charge in [0.2, 0.25) is 0 Å². The molecule has 0 N–H and O–H groups in total. The lowest BCUT2D eigenvalue weighted by molar-refractivity contribution is 0.0728. The summed E-state index contributed by atoms with van der Waals surface area (Å²) in [5.41, 5.74) is 2.76. The molecule has 0 aliphatic rings. The maximum atomic E-state index is 12.8. The maximum Gasteiger partial charge on any atom is 0.347 e. The van der Waals surface area contributed by atoms with Crippen molar-refractivity contribution in [3.63, 3.8) is 0 Å². The molecule has 0 aliphatic heterocycles. The van der Waals surface area contributed by atoms with Crippen LogP contribution in [0.2, 0.25) is 0 Å². The van der Waals surface area contributed by atoms with Crippen molar-refractivity contribution < 1.29 is 14.3 Å². The number of carbonyl (C=O) groups is 1. The summed E-state index contributed by atoms with van der Waals surface area (Å²) in [5, 5.41) is 0. The quantitative estimate of drug-likeness (QED) is 0.257. The van der Waals surface area contributed by atoms with Crippen molar-refractivity contribution in [3.05, 3.63) is 59.2 Å². The summed E-state index contributed by atoms with van der Waals surface area (Å²) < 4.78 is 11.6. The largest absolute Gasteiger partial charge is 0.493 e. The number of hydrogen-bond acceptors (Lipinski definition) is 3. The number of unbranched alkanes of at least 4 members (excludes halogenated alkanes) is 4. The zero-order valence-corrected chi connectivity index (χ0v) is 16.9. The molecule has 0 aliphatic carbocycles. The standard InChI is InChI=1S/C24H32O3/c1-4-6-8-11-18-26-22-16-10-9-15-21(22)24(25)27-23-17-12-13-19(3)20(23)14-7-5-2/h9-10,12-13,15-17H,4-8,11,14,18H2,1-3H3. The van der Waals surface area contributed by atoms with Crippen LogP contribution in [0.3, 0.4) is 0 Å². The molecule has 0 saturated carbocycles. The van der Waals surface area contributed by atoms with Gasteiger partial charge in [-0.25, -0.2) is 4.79 Å². The van der Waals surface area contributed by atoms with Crippen molar-refractivity contribution in [1.29, 1.82) is 0 Å². The fourth-order valence-corrected chi connectivity index (χ4v) is 3.07. The molecule has 0 spiro atoms. The highest BCUT2D eigenvalue weighted by Crippen LogP contribution is 2.27. The third-order valence-electron chi connectivity index (χ3n) is 4.71. The number of aryl methyl sites for hydroxylation is 1. The summed E-state index contributed by atoms with van der Waals surface area (Å²) in [6, 6.07) is 13.2. The van der Waals surface area contributed by atoms with Crippen molar-refractivity contribution in [1.82, 2.24) is 0 Å². The van der Waals surface area contributed by atoms with Gasteiger partial charge in [0.15, 0.2) is 0 Å². The minimum Gasteiger partial charge on any atom is -0.493 e. The van der Waals surface area contributed by atoms with E-state index >= 15 is 0 Å². The molecular formula is C24H32O3. The first kappa shape index (κ1) is 21.0. The van der Waals surface area contributed by atoms with Crippen molar-refractivity contribution >= 4 is 5.97 Å². The Balaban J connectivity index is 2.09. The van der Waals surface area contributed by atoms with Crippen LogP contribution in [0.25, 0.3) is 0 Å². The average Bonchev–Trinajstić information content (AvgIpc) is 2.67. The Morgan fingerprint density at radius 3 is 2.37 bits per heavy atom. The normalized spacial score (nSPS) is 10.6. The van der Waals surface area contributed by atoms with Crippen LogP contribution in [0.1, 0.15) is 73.9 Å². The van der Waals surface area contributed by atoms with Gasteiger partial charge in [0, 0.05) is 0 Å². The summed E-state index contributed by atoms with van der Waals surface area (Å²) >= 11 is 0. The first-order valence-corrected chi connectivity index (χ1v) is 10.2. The second-order valence-electron chi connectivity index (χ2n) is 6.95. The highest BCUT2D eigenvalue weighted by Gasteiger charge is 2.17. The Morgan fingerprint density at radius 2 is 1.59 bits per heavy atom. The molecule has 0 fully saturated rings. The Kier molecular flexibility index (Phi) is 8.90. The Hall–Kier alpha value is -2.29. The Morgan fingerprint density at radius 1 is 0.852 bits per heavy atom. The van der Waals surface area contributed by atoms with Crippen LogP contribution in [0.5, 0.6) is 11.5 Å². The molecule has 0 unspecified atom stereocenters. The lowest BCUT2D eigenvalue weighted by Gasteiger charge is -2.14. The monoisotopic (exact) mass is 368 g/mol. The first-order valence-electron chi connectivity index (χ1n) is 10.2. The van der Waals surface area contributed by atoms with Gasteiger partial charge in [-0.3, -0.25) is 0 Å². The molecule has 0 saturated heterocycles. The van der Waals surface area contributed by atoms with Crippen LogP contribution in [-0.2, 0) is 6.42 Å². The number of ether oxygens (including phenoxy) is 2. The van der Waals surface area contributed by atoms with Gasteiger partial charge in [0.1, 0.15) is 17.1 Å². The molecular weight excluding hydrogens is 336 g/mol. The van der Waals surface area contributed by atoms with E-state index in [9.17, 15) is 4.79 Å². The maximum absolute atomic E-state index is 12.8. The van der Waals surface area contributed by atoms with E-state index in [4.69, 9.17) is 9.47 Å². The van der Waals surface area contributed by atoms with Crippen LogP contribution in [0.4, 0.5) is 0 Å². The SMILES string of the molecule is CCCCCCOc1ccccc1C(=O)Oc1cccc(C)c1CCCC. The molecule has 0 aromatic heterocycles. The minimum atomic E-state index is -0.359. The van der Waals surface area contributed by atoms with Crippen LogP contribution < -0.4 is 9.47 Å². The number of carbonyl (C=O) groups excluding carboxylic acids is 1. The number of rotatable bonds is 11. The van der Waals surface area contributed by atoms with Crippen molar-refractivity contribution in [3.8, 4) is 11.5 Å². The van der Waals surface area contributed by atoms with Gasteiger partial charge < -0.3 is 9.47 Å². The first-order chi connectivity index (χ1) is 13.2. The third-order valence-corrected chi connectivity index (χ3v) is 4.71. The van der Waals surface area contributed by atoms with Gasteiger partial charge in [-0.2, -0.15) is 0 Å². The fourth-order valence-electron chi connectivity index (χ4n) is 3.07. The Labute approximate surface area is 163 Å². The zero-order valence-electron chi connectivity index (χ0n) is 16.9. The van der Waals surface area contributed by atoms with Gasteiger partial charge in [-0.05, 0) is 55.5 Å². The molecule has 0 amide bonds. The molecule has 0 heterocycles. The third kappa shape index (κ3) is 6.42. The van der Waals surface area contributed by atoms with E-state index in [1.807, 2.05) is 30.3 Å². The molecule has 0 bridgehead atoms. The zero-order chi connectivity index (χ0) is 19.5. The number of para-hydroxylation sites is 1. The predicted molar refractivity (Wildman–Crippen MR) is 111 cm³/mol. The molecule has 27 heavy (non-hydrogen) atoms. The van der Waals surface area contributed by atoms with E-state index in [1.54, 1.807) is 6.07 Å². The van der Waals surface area contributed by atoms with Crippen LogP contribution in [-0.4, -0.2) is 12.6 Å². The second-order valence-corrected chi connectivity index (χ2v) is 6.95. The average molecular weight is 369 g/mol. The predicted octanol–water partition coefficient (Wildman–Crippen LogP) is 6.52. The van der Waals surface area contributed by atoms with Crippen molar-refractivity contribution in [2.75, 3.05) is 6.61 Å². The molecule has 0 atom stereocenters. The molecule has 2 aromatic rings. The van der Waals surface area contributed by atoms with Gasteiger partial charge >= 0.3 is 5.97 Å². The fraction of sp³-hybridized carbons (Fsp3) is 0.458. The highest BCUT2D eigenvalue weighted by molar-refractivity contribution is 5.94. The number of hydrogen-bond donors (Lipinski definition) is 0. The van der Waals surface area contributed by atoms with Crippen LogP contribution in [0, 0.1) is 6.92 Å². The van der Waals surface area contributed by atoms with Crippen LogP contribution in [0.15, 0.2) is 42.5 Å². The molecule has 0 radical (unpaired) electrons. The topological polar surface area (TPSA) is 35.5 Å². The van der Waals surface area contributed by atoms with Crippen molar-refractivity contribution in [2.45, 2.75) is 65.7 Å². The number of esters is 1. The lowest BCUT2D eigenvalue weighted by atomic mass is 10.0. The highest BCUT2D eigenvalue weighted by atomic mass is 16.5. The van der Waals surface area contributed by atoms with Crippen LogP contribution >= 0.6 is 0 Å². The molecule has 2 rings (SSSR count).